The van der Waals surface area contributed by atoms with Gasteiger partial charge in [0.15, 0.2) is 0 Å². The summed E-state index contributed by atoms with van der Waals surface area (Å²) in [5, 5.41) is 5.83. The summed E-state index contributed by atoms with van der Waals surface area (Å²) in [6.45, 7) is 0.261. The van der Waals surface area contributed by atoms with Crippen molar-refractivity contribution in [1.82, 2.24) is 4.90 Å². The first-order chi connectivity index (χ1) is 17.9. The molecule has 0 radical (unpaired) electrons. The Balaban J connectivity index is 1.23. The highest BCUT2D eigenvalue weighted by molar-refractivity contribution is 6.00. The largest absolute Gasteiger partial charge is 0.497 e. The van der Waals surface area contributed by atoms with Crippen LogP contribution in [0.5, 0.6) is 11.5 Å². The molecule has 2 aromatic rings. The van der Waals surface area contributed by atoms with Crippen LogP contribution in [0.15, 0.2) is 42.5 Å². The minimum absolute atomic E-state index is 0.000918. The lowest BCUT2D eigenvalue weighted by Crippen LogP contribution is -2.53. The molecule has 0 aromatic heterocycles. The number of amides is 3. The van der Waals surface area contributed by atoms with E-state index >= 15 is 0 Å². The lowest BCUT2D eigenvalue weighted by atomic mass is 9.85. The highest BCUT2D eigenvalue weighted by atomic mass is 16.5. The summed E-state index contributed by atoms with van der Waals surface area (Å²) in [5.74, 6) is 0.862. The summed E-state index contributed by atoms with van der Waals surface area (Å²) in [6.07, 6.45) is 3.82. The zero-order chi connectivity index (χ0) is 25.9. The van der Waals surface area contributed by atoms with Gasteiger partial charge in [0.2, 0.25) is 11.8 Å². The summed E-state index contributed by atoms with van der Waals surface area (Å²) in [5.41, 5.74) is 1.68. The van der Waals surface area contributed by atoms with Crippen molar-refractivity contribution in [1.29, 1.82) is 0 Å². The standard InChI is InChI=1S/C28H33N3O6/c1-31-23-11-10-21(15-26(32)29-18-7-4-8-20(13-18)35-2)37-25(23)16-36-24-12-9-19(14-22(24)28(31)34)30-27(33)17-5-3-6-17/h4,7-9,12-14,17,21,23,25H,3,5-6,10-11,15-16H2,1-2H3,(H,29,32)(H,30,33)/t21-,23-,25-/m1/s1. The number of carbonyl (C=O) groups is 3. The molecule has 3 amide bonds. The Morgan fingerprint density at radius 2 is 1.86 bits per heavy atom. The number of hydrogen-bond donors (Lipinski definition) is 2. The van der Waals surface area contributed by atoms with Gasteiger partial charge in [-0.15, -0.1) is 0 Å². The summed E-state index contributed by atoms with van der Waals surface area (Å²) in [6, 6.07) is 12.2. The molecular weight excluding hydrogens is 474 g/mol. The lowest BCUT2D eigenvalue weighted by Gasteiger charge is -2.42. The Kier molecular flexibility index (Phi) is 7.32. The van der Waals surface area contributed by atoms with Crippen LogP contribution in [-0.4, -0.2) is 61.6 Å². The fourth-order valence-corrected chi connectivity index (χ4v) is 5.14. The third-order valence-electron chi connectivity index (χ3n) is 7.52. The molecule has 3 aliphatic rings. The third-order valence-corrected chi connectivity index (χ3v) is 7.52. The number of nitrogens with zero attached hydrogens (tertiary/aromatic N) is 1. The minimum atomic E-state index is -0.358. The van der Waals surface area contributed by atoms with Gasteiger partial charge in [0, 0.05) is 30.4 Å². The van der Waals surface area contributed by atoms with Crippen LogP contribution in [-0.2, 0) is 14.3 Å². The van der Waals surface area contributed by atoms with E-state index in [4.69, 9.17) is 14.2 Å². The Hall–Kier alpha value is -3.59. The van der Waals surface area contributed by atoms with Crippen LogP contribution in [0.4, 0.5) is 11.4 Å². The summed E-state index contributed by atoms with van der Waals surface area (Å²) in [4.78, 5) is 40.1. The SMILES string of the molecule is COc1cccc(NC(=O)C[C@H]2CC[C@@H]3[C@@H](COc4ccc(NC(=O)C5CCC5)cc4C(=O)N3C)O2)c1. The second-order valence-electron chi connectivity index (χ2n) is 9.98. The molecule has 196 valence electrons. The minimum Gasteiger partial charge on any atom is -0.497 e. The maximum Gasteiger partial charge on any atom is 0.257 e. The maximum atomic E-state index is 13.4. The number of fused-ring (bicyclic) bond motifs is 2. The molecule has 9 heteroatoms. The first-order valence-electron chi connectivity index (χ1n) is 12.9. The van der Waals surface area contributed by atoms with Crippen LogP contribution in [0.2, 0.25) is 0 Å². The first-order valence-corrected chi connectivity index (χ1v) is 12.9. The van der Waals surface area contributed by atoms with Gasteiger partial charge in [0.1, 0.15) is 24.2 Å². The van der Waals surface area contributed by atoms with Crippen molar-refractivity contribution in [3.05, 3.63) is 48.0 Å². The topological polar surface area (TPSA) is 106 Å². The van der Waals surface area contributed by atoms with Crippen LogP contribution in [0.25, 0.3) is 0 Å². The Morgan fingerprint density at radius 3 is 2.62 bits per heavy atom. The number of carbonyl (C=O) groups excluding carboxylic acids is 3. The summed E-state index contributed by atoms with van der Waals surface area (Å²) >= 11 is 0. The molecule has 1 aliphatic carbocycles. The lowest BCUT2D eigenvalue weighted by molar-refractivity contribution is -0.130. The number of benzene rings is 2. The van der Waals surface area contributed by atoms with Gasteiger partial charge in [-0.3, -0.25) is 14.4 Å². The fourth-order valence-electron chi connectivity index (χ4n) is 5.14. The van der Waals surface area contributed by atoms with E-state index in [1.807, 2.05) is 18.2 Å². The predicted octanol–water partition coefficient (Wildman–Crippen LogP) is 3.84. The molecule has 2 fully saturated rings. The summed E-state index contributed by atoms with van der Waals surface area (Å²) < 4.78 is 17.5. The molecule has 2 heterocycles. The first kappa shape index (κ1) is 25.1. The number of anilines is 2. The van der Waals surface area contributed by atoms with Crippen LogP contribution >= 0.6 is 0 Å². The molecule has 0 spiro atoms. The highest BCUT2D eigenvalue weighted by Gasteiger charge is 2.39. The van der Waals surface area contributed by atoms with E-state index in [1.54, 1.807) is 43.3 Å². The molecule has 9 nitrogen and oxygen atoms in total. The molecule has 0 unspecified atom stereocenters. The van der Waals surface area contributed by atoms with Gasteiger partial charge >= 0.3 is 0 Å². The number of nitrogens with one attached hydrogen (secondary N) is 2. The van der Waals surface area contributed by atoms with Crippen LogP contribution in [0.1, 0.15) is 48.9 Å². The monoisotopic (exact) mass is 507 g/mol. The van der Waals surface area contributed by atoms with E-state index in [0.717, 1.165) is 19.3 Å². The predicted molar refractivity (Wildman–Crippen MR) is 138 cm³/mol. The van der Waals surface area contributed by atoms with E-state index in [1.165, 1.54) is 0 Å². The molecule has 2 aromatic carbocycles. The van der Waals surface area contributed by atoms with Gasteiger partial charge in [0.05, 0.1) is 31.2 Å². The number of ether oxygens (including phenoxy) is 3. The molecule has 2 N–H and O–H groups in total. The van der Waals surface area contributed by atoms with Gasteiger partial charge < -0.3 is 29.7 Å². The van der Waals surface area contributed by atoms with E-state index < -0.39 is 0 Å². The normalized spacial score (nSPS) is 23.4. The average Bonchev–Trinajstić information content (AvgIpc) is 2.85. The van der Waals surface area contributed by atoms with Crippen molar-refractivity contribution in [2.24, 2.45) is 5.92 Å². The maximum absolute atomic E-state index is 13.4. The van der Waals surface area contributed by atoms with E-state index in [9.17, 15) is 14.4 Å². The van der Waals surface area contributed by atoms with Gasteiger partial charge in [0.25, 0.3) is 5.91 Å². The van der Waals surface area contributed by atoms with Crippen molar-refractivity contribution in [3.63, 3.8) is 0 Å². The number of likely N-dealkylation sites (N-methyl/N-ethyl adjacent to an activating group) is 1. The van der Waals surface area contributed by atoms with Crippen LogP contribution in [0.3, 0.4) is 0 Å². The molecule has 5 rings (SSSR count). The van der Waals surface area contributed by atoms with Gasteiger partial charge in [-0.25, -0.2) is 0 Å². The zero-order valence-electron chi connectivity index (χ0n) is 21.2. The number of hydrogen-bond acceptors (Lipinski definition) is 6. The van der Waals surface area contributed by atoms with E-state index in [0.29, 0.717) is 41.3 Å². The zero-order valence-corrected chi connectivity index (χ0v) is 21.2. The Morgan fingerprint density at radius 1 is 1.05 bits per heavy atom. The smallest absolute Gasteiger partial charge is 0.257 e. The molecule has 1 saturated carbocycles. The number of rotatable bonds is 6. The van der Waals surface area contributed by atoms with Crippen molar-refractivity contribution >= 4 is 29.1 Å². The quantitative estimate of drug-likeness (QED) is 0.615. The van der Waals surface area contributed by atoms with Crippen molar-refractivity contribution < 1.29 is 28.6 Å². The van der Waals surface area contributed by atoms with Crippen molar-refractivity contribution in [2.75, 3.05) is 31.4 Å². The van der Waals surface area contributed by atoms with Crippen LogP contribution < -0.4 is 20.1 Å². The van der Waals surface area contributed by atoms with Gasteiger partial charge in [-0.2, -0.15) is 0 Å². The highest BCUT2D eigenvalue weighted by Crippen LogP contribution is 2.33. The Bertz CT molecular complexity index is 1180. The second-order valence-corrected chi connectivity index (χ2v) is 9.98. The van der Waals surface area contributed by atoms with E-state index in [2.05, 4.69) is 10.6 Å². The van der Waals surface area contributed by atoms with E-state index in [-0.39, 0.29) is 54.9 Å². The van der Waals surface area contributed by atoms with Crippen molar-refractivity contribution in [2.45, 2.75) is 56.8 Å². The molecule has 2 aliphatic heterocycles. The number of methoxy groups -OCH3 is 1. The molecule has 0 bridgehead atoms. The molecule has 37 heavy (non-hydrogen) atoms. The molecular formula is C28H33N3O6. The van der Waals surface area contributed by atoms with Gasteiger partial charge in [-0.1, -0.05) is 12.5 Å². The fraction of sp³-hybridized carbons (Fsp3) is 0.464. The molecule has 3 atom stereocenters. The summed E-state index contributed by atoms with van der Waals surface area (Å²) in [7, 11) is 3.35. The van der Waals surface area contributed by atoms with Crippen molar-refractivity contribution in [3.8, 4) is 11.5 Å². The second kappa shape index (κ2) is 10.8. The average molecular weight is 508 g/mol. The third kappa shape index (κ3) is 5.56. The Labute approximate surface area is 216 Å². The molecule has 1 saturated heterocycles. The van der Waals surface area contributed by atoms with Crippen LogP contribution in [0, 0.1) is 5.92 Å². The van der Waals surface area contributed by atoms with Gasteiger partial charge in [-0.05, 0) is 56.0 Å².